The van der Waals surface area contributed by atoms with Gasteiger partial charge in [0.05, 0.1) is 18.6 Å². The van der Waals surface area contributed by atoms with Gasteiger partial charge in [-0.3, -0.25) is 0 Å². The van der Waals surface area contributed by atoms with E-state index in [1.54, 1.807) is 18.4 Å². The van der Waals surface area contributed by atoms with Gasteiger partial charge in [0.1, 0.15) is 5.75 Å². The zero-order chi connectivity index (χ0) is 15.4. The molecule has 1 aliphatic rings. The molecule has 1 N–H and O–H groups in total. The minimum absolute atomic E-state index is 0.251. The molecule has 0 spiro atoms. The molecule has 0 amide bonds. The van der Waals surface area contributed by atoms with Crippen LogP contribution < -0.4 is 14.8 Å². The zero-order valence-corrected chi connectivity index (χ0v) is 13.9. The van der Waals surface area contributed by atoms with Crippen molar-refractivity contribution in [3.63, 3.8) is 0 Å². The molecule has 0 saturated heterocycles. The highest BCUT2D eigenvalue weighted by Gasteiger charge is 2.22. The molecule has 1 fully saturated rings. The molecule has 2 aromatic rings. The second kappa shape index (κ2) is 7.11. The smallest absolute Gasteiger partial charge is 0.213 e. The fraction of sp³-hybridized carbons (Fsp3) is 0.471. The number of methoxy groups -OCH3 is 1. The van der Waals surface area contributed by atoms with Gasteiger partial charge in [-0.05, 0) is 42.7 Å². The number of hydrogen-bond donors (Lipinski definition) is 1. The molecule has 0 unspecified atom stereocenters. The average molecular weight is 318 g/mol. The van der Waals surface area contributed by atoms with Crippen LogP contribution in [0.1, 0.15) is 36.2 Å². The molecule has 118 valence electrons. The maximum Gasteiger partial charge on any atom is 0.213 e. The molecule has 1 saturated carbocycles. The highest BCUT2D eigenvalue weighted by molar-refractivity contribution is 7.10. The lowest BCUT2D eigenvalue weighted by atomic mass is 10.2. The van der Waals surface area contributed by atoms with Gasteiger partial charge >= 0.3 is 0 Å². The van der Waals surface area contributed by atoms with Crippen LogP contribution in [0.15, 0.2) is 29.8 Å². The van der Waals surface area contributed by atoms with E-state index in [2.05, 4.69) is 28.7 Å². The standard InChI is InChI=1S/C17H22N2O2S/c1-12(17-15(20-2)7-8-22-17)18-9-14-5-6-16(19-10-14)21-11-13-3-4-13/h5-8,10,12-13,18H,3-4,9,11H2,1-2H3/t12-/m0/s1. The second-order valence-electron chi connectivity index (χ2n) is 5.71. The number of pyridine rings is 1. The van der Waals surface area contributed by atoms with Gasteiger partial charge in [0.15, 0.2) is 0 Å². The van der Waals surface area contributed by atoms with Gasteiger partial charge in [-0.1, -0.05) is 6.07 Å². The summed E-state index contributed by atoms with van der Waals surface area (Å²) in [6.07, 6.45) is 4.48. The number of aromatic nitrogens is 1. The normalized spacial score (nSPS) is 15.5. The Morgan fingerprint density at radius 3 is 2.91 bits per heavy atom. The number of nitrogens with one attached hydrogen (secondary N) is 1. The van der Waals surface area contributed by atoms with Crippen molar-refractivity contribution in [3.8, 4) is 11.6 Å². The Morgan fingerprint density at radius 2 is 2.23 bits per heavy atom. The van der Waals surface area contributed by atoms with Crippen molar-refractivity contribution >= 4 is 11.3 Å². The van der Waals surface area contributed by atoms with E-state index in [4.69, 9.17) is 9.47 Å². The summed E-state index contributed by atoms with van der Waals surface area (Å²) < 4.78 is 11.0. The largest absolute Gasteiger partial charge is 0.496 e. The Hall–Kier alpha value is -1.59. The molecule has 2 aromatic heterocycles. The number of thiophene rings is 1. The van der Waals surface area contributed by atoms with Crippen molar-refractivity contribution in [1.82, 2.24) is 10.3 Å². The van der Waals surface area contributed by atoms with Crippen molar-refractivity contribution in [2.45, 2.75) is 32.4 Å². The minimum Gasteiger partial charge on any atom is -0.496 e. The van der Waals surface area contributed by atoms with Crippen LogP contribution in [-0.2, 0) is 6.54 Å². The first-order chi connectivity index (χ1) is 10.8. The maximum atomic E-state index is 5.65. The summed E-state index contributed by atoms with van der Waals surface area (Å²) in [7, 11) is 1.71. The van der Waals surface area contributed by atoms with E-state index in [1.165, 1.54) is 17.7 Å². The molecule has 1 atom stereocenters. The van der Waals surface area contributed by atoms with Gasteiger partial charge in [0.25, 0.3) is 0 Å². The quantitative estimate of drug-likeness (QED) is 0.804. The van der Waals surface area contributed by atoms with Gasteiger partial charge < -0.3 is 14.8 Å². The lowest BCUT2D eigenvalue weighted by Gasteiger charge is -2.14. The van der Waals surface area contributed by atoms with Crippen LogP contribution in [0, 0.1) is 5.92 Å². The first-order valence-electron chi connectivity index (χ1n) is 7.68. The lowest BCUT2D eigenvalue weighted by Crippen LogP contribution is -2.17. The van der Waals surface area contributed by atoms with E-state index in [0.29, 0.717) is 0 Å². The second-order valence-corrected chi connectivity index (χ2v) is 6.66. The summed E-state index contributed by atoms with van der Waals surface area (Å²) in [6.45, 7) is 3.73. The van der Waals surface area contributed by atoms with E-state index in [-0.39, 0.29) is 6.04 Å². The molecule has 22 heavy (non-hydrogen) atoms. The third-order valence-corrected chi connectivity index (χ3v) is 4.93. The third kappa shape index (κ3) is 3.99. The summed E-state index contributed by atoms with van der Waals surface area (Å²) in [6, 6.07) is 6.28. The van der Waals surface area contributed by atoms with Gasteiger partial charge in [0.2, 0.25) is 5.88 Å². The Bertz CT molecular complexity index is 593. The van der Waals surface area contributed by atoms with Crippen molar-refractivity contribution in [3.05, 3.63) is 40.2 Å². The van der Waals surface area contributed by atoms with Gasteiger partial charge in [-0.15, -0.1) is 11.3 Å². The maximum absolute atomic E-state index is 5.65. The lowest BCUT2D eigenvalue weighted by molar-refractivity contribution is 0.288. The van der Waals surface area contributed by atoms with Crippen molar-refractivity contribution in [2.24, 2.45) is 5.92 Å². The molecule has 0 aromatic carbocycles. The Balaban J connectivity index is 1.50. The first-order valence-corrected chi connectivity index (χ1v) is 8.56. The van der Waals surface area contributed by atoms with E-state index in [9.17, 15) is 0 Å². The van der Waals surface area contributed by atoms with Crippen molar-refractivity contribution < 1.29 is 9.47 Å². The van der Waals surface area contributed by atoms with Crippen molar-refractivity contribution in [2.75, 3.05) is 13.7 Å². The SMILES string of the molecule is COc1ccsc1[C@H](C)NCc1ccc(OCC2CC2)nc1. The zero-order valence-electron chi connectivity index (χ0n) is 13.0. The number of ether oxygens (including phenoxy) is 2. The van der Waals surface area contributed by atoms with E-state index < -0.39 is 0 Å². The van der Waals surface area contributed by atoms with E-state index in [0.717, 1.165) is 36.3 Å². The fourth-order valence-corrected chi connectivity index (χ4v) is 3.14. The first kappa shape index (κ1) is 15.3. The minimum atomic E-state index is 0.251. The third-order valence-electron chi connectivity index (χ3n) is 3.84. The monoisotopic (exact) mass is 318 g/mol. The summed E-state index contributed by atoms with van der Waals surface area (Å²) in [5.74, 6) is 2.43. The van der Waals surface area contributed by atoms with Crippen molar-refractivity contribution in [1.29, 1.82) is 0 Å². The molecule has 0 aliphatic heterocycles. The van der Waals surface area contributed by atoms with E-state index in [1.807, 2.05) is 18.3 Å². The predicted octanol–water partition coefficient (Wildman–Crippen LogP) is 3.79. The van der Waals surface area contributed by atoms with Crippen LogP contribution in [-0.4, -0.2) is 18.7 Å². The molecular formula is C17H22N2O2S. The van der Waals surface area contributed by atoms with E-state index >= 15 is 0 Å². The molecule has 4 nitrogen and oxygen atoms in total. The van der Waals surface area contributed by atoms with Crippen LogP contribution in [0.5, 0.6) is 11.6 Å². The Kier molecular flexibility index (Phi) is 4.95. The van der Waals surface area contributed by atoms with Crippen LogP contribution in [0.2, 0.25) is 0 Å². The molecule has 1 aliphatic carbocycles. The predicted molar refractivity (Wildman–Crippen MR) is 88.6 cm³/mol. The summed E-state index contributed by atoms with van der Waals surface area (Å²) in [5.41, 5.74) is 1.15. The fourth-order valence-electron chi connectivity index (χ4n) is 2.25. The van der Waals surface area contributed by atoms with Crippen LogP contribution in [0.3, 0.4) is 0 Å². The van der Waals surface area contributed by atoms with Crippen LogP contribution >= 0.6 is 11.3 Å². The Labute approximate surface area is 135 Å². The summed E-state index contributed by atoms with van der Waals surface area (Å²) in [4.78, 5) is 5.59. The van der Waals surface area contributed by atoms with Gasteiger partial charge in [-0.2, -0.15) is 0 Å². The number of nitrogens with zero attached hydrogens (tertiary/aromatic N) is 1. The number of hydrogen-bond acceptors (Lipinski definition) is 5. The molecule has 3 rings (SSSR count). The van der Waals surface area contributed by atoms with Gasteiger partial charge in [0, 0.05) is 24.8 Å². The Morgan fingerprint density at radius 1 is 1.36 bits per heavy atom. The average Bonchev–Trinajstić information content (AvgIpc) is 3.26. The molecular weight excluding hydrogens is 296 g/mol. The van der Waals surface area contributed by atoms with Crippen LogP contribution in [0.4, 0.5) is 0 Å². The summed E-state index contributed by atoms with van der Waals surface area (Å²) >= 11 is 1.71. The molecule has 2 heterocycles. The molecule has 0 radical (unpaired) electrons. The highest BCUT2D eigenvalue weighted by atomic mass is 32.1. The number of rotatable bonds is 8. The topological polar surface area (TPSA) is 43.4 Å². The highest BCUT2D eigenvalue weighted by Crippen LogP contribution is 2.31. The molecule has 0 bridgehead atoms. The molecule has 5 heteroatoms. The van der Waals surface area contributed by atoms with Crippen LogP contribution in [0.25, 0.3) is 0 Å². The summed E-state index contributed by atoms with van der Waals surface area (Å²) in [5, 5.41) is 5.56. The van der Waals surface area contributed by atoms with Gasteiger partial charge in [-0.25, -0.2) is 4.98 Å².